The number of hydrogen-bond donors (Lipinski definition) is 3. The fourth-order valence-electron chi connectivity index (χ4n) is 2.21. The zero-order chi connectivity index (χ0) is 17.2. The SMILES string of the molecule is O=C(O)c1ccc(C(=O)C2=CC(C(=O)O)(C(=O)O)CC=C2)cc1. The molecule has 0 spiro atoms. The first-order valence-electron chi connectivity index (χ1n) is 6.52. The van der Waals surface area contributed by atoms with E-state index in [9.17, 15) is 29.4 Å². The maximum absolute atomic E-state index is 12.4. The van der Waals surface area contributed by atoms with Gasteiger partial charge in [0.05, 0.1) is 5.56 Å². The summed E-state index contributed by atoms with van der Waals surface area (Å²) < 4.78 is 0. The fraction of sp³-hybridized carbons (Fsp3) is 0.125. The van der Waals surface area contributed by atoms with Crippen molar-refractivity contribution in [3.05, 3.63) is 59.2 Å². The van der Waals surface area contributed by atoms with Crippen LogP contribution in [0.15, 0.2) is 48.1 Å². The van der Waals surface area contributed by atoms with Crippen molar-refractivity contribution in [1.82, 2.24) is 0 Å². The van der Waals surface area contributed by atoms with Crippen LogP contribution in [0, 0.1) is 5.41 Å². The Morgan fingerprint density at radius 2 is 1.39 bits per heavy atom. The lowest BCUT2D eigenvalue weighted by atomic mass is 9.78. The van der Waals surface area contributed by atoms with Crippen LogP contribution >= 0.6 is 0 Å². The van der Waals surface area contributed by atoms with Gasteiger partial charge in [-0.1, -0.05) is 24.3 Å². The van der Waals surface area contributed by atoms with Gasteiger partial charge in [-0.15, -0.1) is 0 Å². The van der Waals surface area contributed by atoms with Crippen LogP contribution in [0.3, 0.4) is 0 Å². The van der Waals surface area contributed by atoms with Gasteiger partial charge >= 0.3 is 17.9 Å². The smallest absolute Gasteiger partial charge is 0.335 e. The Morgan fingerprint density at radius 1 is 0.870 bits per heavy atom. The fourth-order valence-corrected chi connectivity index (χ4v) is 2.21. The third-order valence-corrected chi connectivity index (χ3v) is 3.56. The number of carbonyl (C=O) groups excluding carboxylic acids is 1. The Kier molecular flexibility index (Phi) is 4.13. The Labute approximate surface area is 130 Å². The average molecular weight is 316 g/mol. The molecule has 0 radical (unpaired) electrons. The highest BCUT2D eigenvalue weighted by atomic mass is 16.4. The number of hydrogen-bond acceptors (Lipinski definition) is 4. The lowest BCUT2D eigenvalue weighted by molar-refractivity contribution is -0.160. The molecule has 0 heterocycles. The molecule has 0 saturated carbocycles. The van der Waals surface area contributed by atoms with Crippen LogP contribution in [0.1, 0.15) is 27.1 Å². The van der Waals surface area contributed by atoms with E-state index >= 15 is 0 Å². The summed E-state index contributed by atoms with van der Waals surface area (Å²) >= 11 is 0. The highest BCUT2D eigenvalue weighted by Crippen LogP contribution is 2.32. The van der Waals surface area contributed by atoms with Crippen molar-refractivity contribution in [2.45, 2.75) is 6.42 Å². The summed E-state index contributed by atoms with van der Waals surface area (Å²) in [6, 6.07) is 5.06. The lowest BCUT2D eigenvalue weighted by Crippen LogP contribution is -2.38. The summed E-state index contributed by atoms with van der Waals surface area (Å²) in [5.41, 5.74) is -2.11. The van der Waals surface area contributed by atoms with E-state index in [0.29, 0.717) is 0 Å². The van der Waals surface area contributed by atoms with Crippen molar-refractivity contribution in [3.8, 4) is 0 Å². The molecule has 1 aliphatic rings. The molecule has 0 aliphatic heterocycles. The zero-order valence-electron chi connectivity index (χ0n) is 11.7. The van der Waals surface area contributed by atoms with E-state index in [2.05, 4.69) is 0 Å². The van der Waals surface area contributed by atoms with Crippen LogP contribution in [0.4, 0.5) is 0 Å². The lowest BCUT2D eigenvalue weighted by Gasteiger charge is -2.23. The van der Waals surface area contributed by atoms with E-state index in [0.717, 1.165) is 6.08 Å². The Bertz CT molecular complexity index is 739. The van der Waals surface area contributed by atoms with Crippen LogP contribution in [0.2, 0.25) is 0 Å². The predicted molar refractivity (Wildman–Crippen MR) is 77.3 cm³/mol. The van der Waals surface area contributed by atoms with Crippen molar-refractivity contribution in [2.24, 2.45) is 5.41 Å². The summed E-state index contributed by atoms with van der Waals surface area (Å²) in [6.45, 7) is 0. The number of ketones is 1. The molecule has 1 aliphatic carbocycles. The van der Waals surface area contributed by atoms with Crippen molar-refractivity contribution >= 4 is 23.7 Å². The summed E-state index contributed by atoms with van der Waals surface area (Å²) in [6.07, 6.45) is 3.34. The Hall–Kier alpha value is -3.22. The van der Waals surface area contributed by atoms with Crippen LogP contribution in [-0.4, -0.2) is 39.0 Å². The highest BCUT2D eigenvalue weighted by Gasteiger charge is 2.45. The number of aliphatic carboxylic acids is 2. The summed E-state index contributed by atoms with van der Waals surface area (Å²) in [5.74, 6) is -4.83. The molecular weight excluding hydrogens is 304 g/mol. The van der Waals surface area contributed by atoms with Gasteiger partial charge in [-0.05, 0) is 24.6 Å². The molecule has 7 heteroatoms. The van der Waals surface area contributed by atoms with Crippen LogP contribution in [0.25, 0.3) is 0 Å². The van der Waals surface area contributed by atoms with E-state index in [4.69, 9.17) is 5.11 Å². The molecule has 0 amide bonds. The summed E-state index contributed by atoms with van der Waals surface area (Å²) in [4.78, 5) is 45.8. The quantitative estimate of drug-likeness (QED) is 0.556. The minimum atomic E-state index is -2.18. The minimum absolute atomic E-state index is 0.000125. The van der Waals surface area contributed by atoms with Crippen molar-refractivity contribution < 1.29 is 34.5 Å². The van der Waals surface area contributed by atoms with Gasteiger partial charge in [-0.3, -0.25) is 14.4 Å². The number of benzene rings is 1. The van der Waals surface area contributed by atoms with Gasteiger partial charge in [0.1, 0.15) is 0 Å². The van der Waals surface area contributed by atoms with Gasteiger partial charge in [0.2, 0.25) is 0 Å². The first kappa shape index (κ1) is 16.2. The van der Waals surface area contributed by atoms with E-state index in [-0.39, 0.29) is 23.1 Å². The molecule has 1 aromatic carbocycles. The molecule has 2 rings (SSSR count). The van der Waals surface area contributed by atoms with Gasteiger partial charge in [0.25, 0.3) is 0 Å². The first-order chi connectivity index (χ1) is 10.8. The van der Waals surface area contributed by atoms with Crippen LogP contribution < -0.4 is 0 Å². The highest BCUT2D eigenvalue weighted by molar-refractivity contribution is 6.13. The molecule has 0 saturated heterocycles. The third kappa shape index (κ3) is 2.89. The van der Waals surface area contributed by atoms with Gasteiger partial charge < -0.3 is 15.3 Å². The second-order valence-corrected chi connectivity index (χ2v) is 5.00. The molecule has 0 aromatic heterocycles. The molecule has 0 fully saturated rings. The molecule has 3 N–H and O–H groups in total. The number of aromatic carboxylic acids is 1. The van der Waals surface area contributed by atoms with E-state index < -0.39 is 29.1 Å². The van der Waals surface area contributed by atoms with Crippen molar-refractivity contribution in [3.63, 3.8) is 0 Å². The van der Waals surface area contributed by atoms with E-state index in [1.807, 2.05) is 0 Å². The van der Waals surface area contributed by atoms with Gasteiger partial charge in [0.15, 0.2) is 11.2 Å². The average Bonchev–Trinajstić information content (AvgIpc) is 2.53. The predicted octanol–water partition coefficient (Wildman–Crippen LogP) is 1.61. The second-order valence-electron chi connectivity index (χ2n) is 5.00. The largest absolute Gasteiger partial charge is 0.480 e. The van der Waals surface area contributed by atoms with E-state index in [1.165, 1.54) is 36.4 Å². The van der Waals surface area contributed by atoms with E-state index in [1.54, 1.807) is 0 Å². The normalized spacial score (nSPS) is 15.6. The number of carboxylic acid groups (broad SMARTS) is 3. The molecule has 0 atom stereocenters. The molecular formula is C16H12O7. The minimum Gasteiger partial charge on any atom is -0.480 e. The molecule has 0 unspecified atom stereocenters. The monoisotopic (exact) mass is 316 g/mol. The number of allylic oxidation sites excluding steroid dienone is 3. The second kappa shape index (κ2) is 5.88. The molecule has 118 valence electrons. The summed E-state index contributed by atoms with van der Waals surface area (Å²) in [7, 11) is 0. The van der Waals surface area contributed by atoms with Crippen molar-refractivity contribution in [2.75, 3.05) is 0 Å². The third-order valence-electron chi connectivity index (χ3n) is 3.56. The molecule has 0 bridgehead atoms. The maximum atomic E-state index is 12.4. The topological polar surface area (TPSA) is 129 Å². The van der Waals surface area contributed by atoms with Crippen molar-refractivity contribution in [1.29, 1.82) is 0 Å². The van der Waals surface area contributed by atoms with Crippen LogP contribution in [-0.2, 0) is 9.59 Å². The number of rotatable bonds is 5. The van der Waals surface area contributed by atoms with Gasteiger partial charge in [-0.25, -0.2) is 4.79 Å². The number of carboxylic acids is 3. The standard InChI is InChI=1S/C16H12O7/c17-12(9-3-5-10(6-4-9)13(18)19)11-2-1-7-16(8-11,14(20)21)15(22)23/h1-6,8H,7H2,(H,18,19)(H,20,21)(H,22,23). The maximum Gasteiger partial charge on any atom is 0.335 e. The van der Waals surface area contributed by atoms with Gasteiger partial charge in [-0.2, -0.15) is 0 Å². The molecule has 23 heavy (non-hydrogen) atoms. The summed E-state index contributed by atoms with van der Waals surface area (Å²) in [5, 5.41) is 27.2. The molecule has 7 nitrogen and oxygen atoms in total. The van der Waals surface area contributed by atoms with Gasteiger partial charge in [0, 0.05) is 11.1 Å². The number of Topliss-reactive ketones (excluding diaryl/α,β-unsaturated/α-hetero) is 1. The Balaban J connectivity index is 2.40. The number of carbonyl (C=O) groups is 4. The first-order valence-corrected chi connectivity index (χ1v) is 6.52. The Morgan fingerprint density at radius 3 is 1.87 bits per heavy atom. The van der Waals surface area contributed by atoms with Crippen LogP contribution in [0.5, 0.6) is 0 Å². The molecule has 1 aromatic rings. The zero-order valence-corrected chi connectivity index (χ0v) is 11.7.